The van der Waals surface area contributed by atoms with E-state index in [0.717, 1.165) is 0 Å². The summed E-state index contributed by atoms with van der Waals surface area (Å²) in [6, 6.07) is 0. The molecule has 36 valence electrons. The monoisotopic (exact) mass is 145 g/mol. The Morgan fingerprint density at radius 3 is 2.29 bits per heavy atom. The van der Waals surface area contributed by atoms with Gasteiger partial charge in [-0.3, -0.25) is 4.79 Å². The maximum Gasteiger partial charge on any atom is 1.00 e. The maximum absolute atomic E-state index is 9.75. The summed E-state index contributed by atoms with van der Waals surface area (Å²) in [5, 5.41) is 0. The van der Waals surface area contributed by atoms with E-state index in [1.807, 2.05) is 0 Å². The molecule has 7 heavy (non-hydrogen) atoms. The molecule has 0 rings (SSSR count). The third-order valence-corrected chi connectivity index (χ3v) is 0.539. The van der Waals surface area contributed by atoms with Crippen molar-refractivity contribution in [3.63, 3.8) is 0 Å². The Kier molecular flexibility index (Phi) is 12.1. The van der Waals surface area contributed by atoms with Crippen LogP contribution in [0.25, 0.3) is 5.73 Å². The van der Waals surface area contributed by atoms with E-state index >= 15 is 0 Å². The molecule has 0 aliphatic rings. The van der Waals surface area contributed by atoms with Crippen LogP contribution in [0.1, 0.15) is 0 Å². The Morgan fingerprint density at radius 1 is 1.86 bits per heavy atom. The third kappa shape index (κ3) is 7.50. The largest absolute Gasteiger partial charge is 1.00 e. The molecule has 3 nitrogen and oxygen atoms in total. The average molecular weight is 145 g/mol. The van der Waals surface area contributed by atoms with Crippen LogP contribution in [0.5, 0.6) is 0 Å². The van der Waals surface area contributed by atoms with Gasteiger partial charge in [0.2, 0.25) is 0 Å². The molecule has 0 aliphatic heterocycles. The van der Waals surface area contributed by atoms with E-state index in [-0.39, 0.29) is 57.9 Å². The Morgan fingerprint density at radius 2 is 2.29 bits per heavy atom. The Bertz CT molecular complexity index is 53.7. The van der Waals surface area contributed by atoms with Crippen LogP contribution in [0.15, 0.2) is 0 Å². The van der Waals surface area contributed by atoms with E-state index in [1.165, 1.54) is 0 Å². The van der Waals surface area contributed by atoms with Crippen molar-refractivity contribution in [3.8, 4) is 0 Å². The van der Waals surface area contributed by atoms with Gasteiger partial charge in [0.05, 0.1) is 9.47 Å². The quantitative estimate of drug-likeness (QED) is 0.299. The van der Waals surface area contributed by atoms with Crippen molar-refractivity contribution < 1.29 is 60.7 Å². The Hall–Kier alpha value is 1.50. The summed E-state index contributed by atoms with van der Waals surface area (Å²) >= 11 is 0. The first-order valence-electron chi connectivity index (χ1n) is 1.35. The first-order valence-corrected chi connectivity index (χ1v) is 1.82. The molecule has 0 aromatic heterocycles. The Balaban J connectivity index is 0. The van der Waals surface area contributed by atoms with Crippen molar-refractivity contribution in [3.05, 3.63) is 5.73 Å². The number of hydrogen-bond acceptors (Lipinski definition) is 2. The predicted molar refractivity (Wildman–Crippen MR) is 25.0 cm³/mol. The minimum atomic E-state index is -0.528. The molecular weight excluding hydrogens is 140 g/mol. The fourth-order valence-electron chi connectivity index (χ4n) is 0.0417. The van der Waals surface area contributed by atoms with Crippen LogP contribution in [0.2, 0.25) is 0 Å². The second-order valence-corrected chi connectivity index (χ2v) is 0.902. The maximum atomic E-state index is 9.75. The summed E-state index contributed by atoms with van der Waals surface area (Å²) in [7, 11) is 1.77. The summed E-state index contributed by atoms with van der Waals surface area (Å²) in [5.74, 6) is -0.528. The second-order valence-electron chi connectivity index (χ2n) is 0.667. The van der Waals surface area contributed by atoms with Gasteiger partial charge in [0.15, 0.2) is 0 Å². The molecule has 1 atom stereocenters. The summed E-state index contributed by atoms with van der Waals surface area (Å²) in [6.07, 6.45) is 0. The average Bonchev–Trinajstić information content (AvgIpc) is 1.65. The van der Waals surface area contributed by atoms with Crippen LogP contribution in [-0.2, 0) is 9.32 Å². The van der Waals surface area contributed by atoms with Crippen molar-refractivity contribution in [2.75, 3.05) is 6.54 Å². The predicted octanol–water partition coefficient (Wildman–Crippen LogP) is -2.62. The second kappa shape index (κ2) is 7.50. The topological polar surface area (TPSA) is 50.1 Å². The smallest absolute Gasteiger partial charge is 0.668 e. The zero-order chi connectivity index (χ0) is 4.99. The molecule has 1 unspecified atom stereocenters. The molecule has 0 aromatic rings. The van der Waals surface area contributed by atoms with Crippen LogP contribution in [0.4, 0.5) is 0 Å². The first-order chi connectivity index (χ1) is 2.81. The number of nitrogens with one attached hydrogen (secondary N) is 1. The Labute approximate surface area is 87.1 Å². The number of hydrogen-bond donors (Lipinski definition) is 0. The minimum Gasteiger partial charge on any atom is -0.668 e. The van der Waals surface area contributed by atoms with Gasteiger partial charge in [-0.2, -0.15) is 0 Å². The molecule has 1 N–H and O–H groups in total. The fraction of sp³-hybridized carbons (Fsp3) is 0.500. The molecule has 0 saturated carbocycles. The van der Waals surface area contributed by atoms with Gasteiger partial charge in [-0.25, -0.2) is 0 Å². The van der Waals surface area contributed by atoms with Crippen LogP contribution in [0, 0.1) is 0 Å². The molecule has 0 saturated heterocycles. The van der Waals surface area contributed by atoms with Crippen molar-refractivity contribution in [1.82, 2.24) is 0 Å². The van der Waals surface area contributed by atoms with E-state index in [9.17, 15) is 4.79 Å². The van der Waals surface area contributed by atoms with Gasteiger partial charge in [-0.05, 0) is 6.54 Å². The molecule has 0 bridgehead atoms. The number of rotatable bonds is 1. The van der Waals surface area contributed by atoms with E-state index in [0.29, 0.717) is 0 Å². The SMILES string of the molecule is [K+].[NH-]CC(=O)OP. The molecule has 5 heteroatoms. The van der Waals surface area contributed by atoms with E-state index in [2.05, 4.69) is 4.52 Å². The van der Waals surface area contributed by atoms with Gasteiger partial charge >= 0.3 is 51.4 Å². The van der Waals surface area contributed by atoms with Gasteiger partial charge in [0, 0.05) is 0 Å². The zero-order valence-corrected chi connectivity index (χ0v) is 8.38. The van der Waals surface area contributed by atoms with Gasteiger partial charge < -0.3 is 10.3 Å². The molecule has 0 spiro atoms. The van der Waals surface area contributed by atoms with Crippen LogP contribution in [0.3, 0.4) is 0 Å². The van der Waals surface area contributed by atoms with E-state index in [1.54, 1.807) is 9.47 Å². The summed E-state index contributed by atoms with van der Waals surface area (Å²) in [4.78, 5) is 9.75. The van der Waals surface area contributed by atoms with Gasteiger partial charge in [0.25, 0.3) is 5.97 Å². The van der Waals surface area contributed by atoms with Gasteiger partial charge in [0.1, 0.15) is 0 Å². The number of carbonyl (C=O) groups excluding carboxylic acids is 1. The third-order valence-electron chi connectivity index (χ3n) is 0.276. The molecule has 0 amide bonds. The van der Waals surface area contributed by atoms with Crippen LogP contribution in [-0.4, -0.2) is 12.5 Å². The molecule has 0 fully saturated rings. The minimum absolute atomic E-state index is 0. The van der Waals surface area contributed by atoms with Crippen molar-refractivity contribution >= 4 is 15.4 Å². The molecule has 0 heterocycles. The summed E-state index contributed by atoms with van der Waals surface area (Å²) < 4.78 is 3.99. The van der Waals surface area contributed by atoms with E-state index < -0.39 is 5.97 Å². The first kappa shape index (κ1) is 11.3. The van der Waals surface area contributed by atoms with Gasteiger partial charge in [-0.15, -0.1) is 0 Å². The number of carbonyl (C=O) groups is 1. The molecular formula is C2H5KNO2P. The molecule has 0 aliphatic carbocycles. The molecule has 0 aromatic carbocycles. The zero-order valence-electron chi connectivity index (χ0n) is 4.10. The summed E-state index contributed by atoms with van der Waals surface area (Å²) in [6.45, 7) is -0.302. The standard InChI is InChI=1S/C2H5NO2P.K/c3-1-2(4)5-6;/h3H,1,6H2;/q-1;+1. The van der Waals surface area contributed by atoms with Crippen molar-refractivity contribution in [1.29, 1.82) is 0 Å². The van der Waals surface area contributed by atoms with Gasteiger partial charge in [-0.1, -0.05) is 0 Å². The van der Waals surface area contributed by atoms with Crippen molar-refractivity contribution in [2.45, 2.75) is 0 Å². The van der Waals surface area contributed by atoms with Crippen molar-refractivity contribution in [2.24, 2.45) is 0 Å². The van der Waals surface area contributed by atoms with E-state index in [4.69, 9.17) is 5.73 Å². The van der Waals surface area contributed by atoms with Crippen LogP contribution >= 0.6 is 9.47 Å². The normalized spacial score (nSPS) is 6.57. The summed E-state index contributed by atoms with van der Waals surface area (Å²) in [5.41, 5.74) is 6.32. The fourth-order valence-corrected chi connectivity index (χ4v) is 0.125. The molecule has 0 radical (unpaired) electrons. The van der Waals surface area contributed by atoms with Crippen LogP contribution < -0.4 is 51.4 Å².